The highest BCUT2D eigenvalue weighted by molar-refractivity contribution is 5.71. The van der Waals surface area contributed by atoms with Gasteiger partial charge in [-0.15, -0.1) is 0 Å². The molecule has 0 bridgehead atoms. The van der Waals surface area contributed by atoms with Crippen LogP contribution in [0.3, 0.4) is 0 Å². The molecule has 1 atom stereocenters. The number of rotatable bonds is 8. The van der Waals surface area contributed by atoms with Crippen LogP contribution < -0.4 is 17.1 Å². The van der Waals surface area contributed by atoms with Gasteiger partial charge in [-0.25, -0.2) is 4.79 Å². The molecule has 0 saturated carbocycles. The Morgan fingerprint density at radius 3 is 2.36 bits per heavy atom. The van der Waals surface area contributed by atoms with E-state index < -0.39 is 0 Å². The van der Waals surface area contributed by atoms with Crippen LogP contribution >= 0.6 is 0 Å². The summed E-state index contributed by atoms with van der Waals surface area (Å²) in [6, 6.07) is 17.8. The van der Waals surface area contributed by atoms with Crippen LogP contribution in [0.15, 0.2) is 54.6 Å². The Hall–Kier alpha value is -2.04. The molecule has 2 aromatic rings. The second-order valence-electron chi connectivity index (χ2n) is 6.08. The molecule has 5 heteroatoms. The van der Waals surface area contributed by atoms with Crippen LogP contribution in [0.2, 0.25) is 0 Å². The number of likely N-dealkylation sites (N-methyl/N-ethyl adjacent to an activating group) is 1. The van der Waals surface area contributed by atoms with E-state index in [1.54, 1.807) is 0 Å². The third-order valence-corrected chi connectivity index (χ3v) is 3.57. The van der Waals surface area contributed by atoms with Crippen molar-refractivity contribution in [1.29, 1.82) is 0 Å². The quantitative estimate of drug-likeness (QED) is 0.639. The van der Waals surface area contributed by atoms with Crippen LogP contribution in [0.25, 0.3) is 0 Å². The Morgan fingerprint density at radius 1 is 1.08 bits per heavy atom. The van der Waals surface area contributed by atoms with Gasteiger partial charge >= 0.3 is 5.97 Å². The van der Waals surface area contributed by atoms with E-state index in [9.17, 15) is 4.79 Å². The maximum absolute atomic E-state index is 11.9. The molecule has 0 amide bonds. The summed E-state index contributed by atoms with van der Waals surface area (Å²) in [5.74, 6) is 0.322. The molecule has 4 nitrogen and oxygen atoms in total. The lowest BCUT2D eigenvalue weighted by atomic mass is 10.2. The summed E-state index contributed by atoms with van der Waals surface area (Å²) in [7, 11) is 2.01. The molecule has 0 aliphatic carbocycles. The van der Waals surface area contributed by atoms with Gasteiger partial charge in [-0.2, -0.15) is 0 Å². The van der Waals surface area contributed by atoms with E-state index in [2.05, 4.69) is 17.0 Å². The molecule has 2 rings (SSSR count). The van der Waals surface area contributed by atoms with E-state index >= 15 is 0 Å². The third-order valence-electron chi connectivity index (χ3n) is 3.57. The van der Waals surface area contributed by atoms with E-state index in [-0.39, 0.29) is 31.1 Å². The van der Waals surface area contributed by atoms with Crippen molar-refractivity contribution in [2.24, 2.45) is 0 Å². The highest BCUT2D eigenvalue weighted by Crippen LogP contribution is 2.11. The maximum Gasteiger partial charge on any atom is 0.344 e. The lowest BCUT2D eigenvalue weighted by Gasteiger charge is -2.21. The number of ether oxygens (including phenoxy) is 2. The molecule has 136 valence electrons. The minimum atomic E-state index is -0.351. The number of aryl methyl sites for hydroxylation is 1. The summed E-state index contributed by atoms with van der Waals surface area (Å²) < 4.78 is 10.8. The Morgan fingerprint density at radius 2 is 1.72 bits per heavy atom. The van der Waals surface area contributed by atoms with E-state index in [1.165, 1.54) is 5.56 Å². The summed E-state index contributed by atoms with van der Waals surface area (Å²) in [5, 5.41) is 0. The zero-order chi connectivity index (χ0) is 17.4. The van der Waals surface area contributed by atoms with Gasteiger partial charge in [0.1, 0.15) is 11.9 Å². The first kappa shape index (κ1) is 21.0. The van der Waals surface area contributed by atoms with Crippen LogP contribution in [-0.2, 0) is 16.1 Å². The standard InChI is InChI=1S/C20H25NO3.ClH/c1-16-9-11-19(12-10-16)23-15-20(22)24-17(2)13-21(3)14-18-7-5-4-6-8-18;/h4-12,17H,13-15H2,1-3H3;1H/p-1. The third kappa shape index (κ3) is 8.05. The molecule has 0 fully saturated rings. The summed E-state index contributed by atoms with van der Waals surface area (Å²) in [6.07, 6.45) is -0.187. The molecule has 0 spiro atoms. The number of nitrogens with zero attached hydrogens (tertiary/aromatic N) is 1. The summed E-state index contributed by atoms with van der Waals surface area (Å²) in [5.41, 5.74) is 2.39. The van der Waals surface area contributed by atoms with Crippen LogP contribution in [0.1, 0.15) is 18.1 Å². The van der Waals surface area contributed by atoms with Crippen LogP contribution in [0.4, 0.5) is 0 Å². The van der Waals surface area contributed by atoms with Crippen molar-refractivity contribution in [3.63, 3.8) is 0 Å². The molecular weight excluding hydrogens is 338 g/mol. The highest BCUT2D eigenvalue weighted by Gasteiger charge is 2.13. The highest BCUT2D eigenvalue weighted by atomic mass is 35.5. The van der Waals surface area contributed by atoms with Crippen molar-refractivity contribution in [3.8, 4) is 5.75 Å². The zero-order valence-corrected chi connectivity index (χ0v) is 15.7. The molecule has 2 aromatic carbocycles. The zero-order valence-electron chi connectivity index (χ0n) is 14.9. The fraction of sp³-hybridized carbons (Fsp3) is 0.350. The molecule has 1 unspecified atom stereocenters. The van der Waals surface area contributed by atoms with Crippen molar-refractivity contribution < 1.29 is 26.7 Å². The molecule has 0 saturated heterocycles. The van der Waals surface area contributed by atoms with Gasteiger partial charge in [-0.05, 0) is 38.6 Å². The van der Waals surface area contributed by atoms with E-state index in [4.69, 9.17) is 9.47 Å². The van der Waals surface area contributed by atoms with Crippen LogP contribution in [0.5, 0.6) is 5.75 Å². The molecular formula is C20H25ClNO3-. The van der Waals surface area contributed by atoms with Gasteiger partial charge in [0.15, 0.2) is 6.61 Å². The molecule has 0 N–H and O–H groups in total. The van der Waals surface area contributed by atoms with Gasteiger partial charge in [0, 0.05) is 13.1 Å². The fourth-order valence-corrected chi connectivity index (χ4v) is 2.47. The van der Waals surface area contributed by atoms with Crippen LogP contribution in [0, 0.1) is 6.92 Å². The number of carbonyl (C=O) groups excluding carboxylic acids is 1. The predicted octanol–water partition coefficient (Wildman–Crippen LogP) is 0.442. The van der Waals surface area contributed by atoms with E-state index in [1.807, 2.05) is 63.4 Å². The molecule has 0 aromatic heterocycles. The number of hydrogen-bond acceptors (Lipinski definition) is 4. The topological polar surface area (TPSA) is 38.8 Å². The van der Waals surface area contributed by atoms with Gasteiger partial charge in [-0.3, -0.25) is 4.90 Å². The fourth-order valence-electron chi connectivity index (χ4n) is 2.47. The summed E-state index contributed by atoms with van der Waals surface area (Å²) in [4.78, 5) is 14.0. The van der Waals surface area contributed by atoms with Crippen molar-refractivity contribution in [2.75, 3.05) is 20.2 Å². The predicted molar refractivity (Wildman–Crippen MR) is 95.0 cm³/mol. The average Bonchev–Trinajstić information content (AvgIpc) is 2.55. The lowest BCUT2D eigenvalue weighted by molar-refractivity contribution is -0.151. The van der Waals surface area contributed by atoms with Crippen molar-refractivity contribution >= 4 is 5.97 Å². The number of hydrogen-bond donors (Lipinski definition) is 0. The maximum atomic E-state index is 11.9. The van der Waals surface area contributed by atoms with E-state index in [0.717, 1.165) is 12.1 Å². The van der Waals surface area contributed by atoms with Gasteiger partial charge < -0.3 is 21.9 Å². The molecule has 0 radical (unpaired) electrons. The van der Waals surface area contributed by atoms with Gasteiger partial charge in [0.25, 0.3) is 0 Å². The Kier molecular flexibility index (Phi) is 9.03. The monoisotopic (exact) mass is 362 g/mol. The van der Waals surface area contributed by atoms with Gasteiger partial charge in [-0.1, -0.05) is 48.0 Å². The second-order valence-corrected chi connectivity index (χ2v) is 6.08. The van der Waals surface area contributed by atoms with Crippen molar-refractivity contribution in [2.45, 2.75) is 26.5 Å². The normalized spacial score (nSPS) is 11.5. The first-order valence-electron chi connectivity index (χ1n) is 8.14. The minimum absolute atomic E-state index is 0. The Bertz CT molecular complexity index is 631. The number of carbonyl (C=O) groups is 1. The average molecular weight is 363 g/mol. The second kappa shape index (κ2) is 10.7. The number of halogens is 1. The smallest absolute Gasteiger partial charge is 0.344 e. The Labute approximate surface area is 156 Å². The lowest BCUT2D eigenvalue weighted by Crippen LogP contribution is -3.00. The largest absolute Gasteiger partial charge is 1.00 e. The Balaban J connectivity index is 0.00000312. The first-order valence-corrected chi connectivity index (χ1v) is 8.14. The minimum Gasteiger partial charge on any atom is -1.00 e. The first-order chi connectivity index (χ1) is 11.5. The van der Waals surface area contributed by atoms with Gasteiger partial charge in [0.2, 0.25) is 0 Å². The number of esters is 1. The van der Waals surface area contributed by atoms with Crippen LogP contribution in [-0.4, -0.2) is 37.2 Å². The molecule has 0 heterocycles. The summed E-state index contributed by atoms with van der Waals surface area (Å²) in [6.45, 7) is 5.32. The number of benzene rings is 2. The molecule has 25 heavy (non-hydrogen) atoms. The van der Waals surface area contributed by atoms with E-state index in [0.29, 0.717) is 12.3 Å². The van der Waals surface area contributed by atoms with Crippen molar-refractivity contribution in [3.05, 3.63) is 65.7 Å². The van der Waals surface area contributed by atoms with Crippen molar-refractivity contribution in [1.82, 2.24) is 4.90 Å². The molecule has 0 aliphatic heterocycles. The summed E-state index contributed by atoms with van der Waals surface area (Å²) >= 11 is 0. The van der Waals surface area contributed by atoms with Gasteiger partial charge in [0.05, 0.1) is 0 Å². The SMILES string of the molecule is Cc1ccc(OCC(=O)OC(C)CN(C)Cc2ccccc2)cc1.[Cl-]. The molecule has 0 aliphatic rings.